The highest BCUT2D eigenvalue weighted by molar-refractivity contribution is 7.09. The number of rotatable bonds is 11. The van der Waals surface area contributed by atoms with Crippen molar-refractivity contribution in [3.05, 3.63) is 147 Å². The van der Waals surface area contributed by atoms with Crippen LogP contribution in [0.25, 0.3) is 0 Å². The molecule has 0 radical (unpaired) electrons. The Bertz CT molecular complexity index is 1540. The molecule has 41 heavy (non-hydrogen) atoms. The highest BCUT2D eigenvalue weighted by Crippen LogP contribution is 2.23. The summed E-state index contributed by atoms with van der Waals surface area (Å²) in [6.45, 7) is 5.80. The van der Waals surface area contributed by atoms with Crippen LogP contribution in [-0.2, 0) is 13.1 Å². The molecule has 5 rings (SSSR count). The number of nitrogens with zero attached hydrogens (tertiary/aromatic N) is 3. The van der Waals surface area contributed by atoms with Crippen LogP contribution in [0.5, 0.6) is 0 Å². The van der Waals surface area contributed by atoms with Crippen molar-refractivity contribution in [1.82, 2.24) is 19.8 Å². The molecule has 6 nitrogen and oxygen atoms in total. The Labute approximate surface area is 245 Å². The minimum absolute atomic E-state index is 0.0270. The van der Waals surface area contributed by atoms with Crippen LogP contribution in [-0.4, -0.2) is 32.8 Å². The van der Waals surface area contributed by atoms with Crippen molar-refractivity contribution in [1.29, 1.82) is 0 Å². The van der Waals surface area contributed by atoms with Gasteiger partial charge < -0.3 is 14.8 Å². The summed E-state index contributed by atoms with van der Waals surface area (Å²) in [6, 6.07) is 31.4. The van der Waals surface area contributed by atoms with E-state index in [1.807, 2.05) is 120 Å². The summed E-state index contributed by atoms with van der Waals surface area (Å²) in [6.07, 6.45) is 2.87. The van der Waals surface area contributed by atoms with Gasteiger partial charge in [-0.15, -0.1) is 11.3 Å². The fourth-order valence-electron chi connectivity index (χ4n) is 4.83. The molecule has 1 N–H and O–H groups in total. The largest absolute Gasteiger partial charge is 0.343 e. The highest BCUT2D eigenvalue weighted by atomic mass is 32.1. The molecule has 2 amide bonds. The number of aromatic nitrogens is 2. The third-order valence-electron chi connectivity index (χ3n) is 6.99. The van der Waals surface area contributed by atoms with E-state index in [9.17, 15) is 9.59 Å². The number of hydrogen-bond acceptors (Lipinski definition) is 4. The summed E-state index contributed by atoms with van der Waals surface area (Å²) in [4.78, 5) is 33.2. The van der Waals surface area contributed by atoms with Gasteiger partial charge in [0.2, 0.25) is 0 Å². The summed E-state index contributed by atoms with van der Waals surface area (Å²) in [5, 5.41) is 5.82. The van der Waals surface area contributed by atoms with Crippen LogP contribution in [0, 0.1) is 6.92 Å². The number of hydrogen-bond donors (Lipinski definition) is 1. The lowest BCUT2D eigenvalue weighted by Gasteiger charge is -2.23. The van der Waals surface area contributed by atoms with Crippen LogP contribution < -0.4 is 5.32 Å². The van der Waals surface area contributed by atoms with Gasteiger partial charge in [0.1, 0.15) is 10.7 Å². The normalized spacial score (nSPS) is 11.0. The van der Waals surface area contributed by atoms with Gasteiger partial charge in [-0.1, -0.05) is 85.3 Å². The van der Waals surface area contributed by atoms with Crippen LogP contribution in [0.15, 0.2) is 109 Å². The minimum atomic E-state index is -0.276. The van der Waals surface area contributed by atoms with E-state index in [-0.39, 0.29) is 17.9 Å². The van der Waals surface area contributed by atoms with Crippen molar-refractivity contribution in [3.63, 3.8) is 0 Å². The lowest BCUT2D eigenvalue weighted by Crippen LogP contribution is -2.32. The van der Waals surface area contributed by atoms with E-state index < -0.39 is 0 Å². The Kier molecular flexibility index (Phi) is 9.06. The zero-order valence-electron chi connectivity index (χ0n) is 23.4. The molecule has 0 spiro atoms. The van der Waals surface area contributed by atoms with Crippen molar-refractivity contribution < 1.29 is 9.59 Å². The molecule has 0 saturated heterocycles. The number of carbonyl (C=O) groups is 2. The fourth-order valence-corrected chi connectivity index (χ4v) is 5.60. The number of nitrogens with one attached hydrogen (secondary N) is 1. The predicted octanol–water partition coefficient (Wildman–Crippen LogP) is 6.87. The second kappa shape index (κ2) is 13.2. The van der Waals surface area contributed by atoms with Gasteiger partial charge in [-0.05, 0) is 48.7 Å². The molecule has 0 unspecified atom stereocenters. The number of thiazole rings is 1. The zero-order valence-corrected chi connectivity index (χ0v) is 24.2. The summed E-state index contributed by atoms with van der Waals surface area (Å²) in [5.74, 6) is -0.185. The molecule has 208 valence electrons. The van der Waals surface area contributed by atoms with E-state index in [0.29, 0.717) is 30.9 Å². The van der Waals surface area contributed by atoms with Gasteiger partial charge in [0.15, 0.2) is 0 Å². The van der Waals surface area contributed by atoms with Crippen molar-refractivity contribution in [3.8, 4) is 0 Å². The molecule has 7 heteroatoms. The molecule has 0 saturated carbocycles. The van der Waals surface area contributed by atoms with E-state index in [1.54, 1.807) is 0 Å². The first kappa shape index (κ1) is 28.1. The monoisotopic (exact) mass is 562 g/mol. The van der Waals surface area contributed by atoms with E-state index >= 15 is 0 Å². The van der Waals surface area contributed by atoms with Gasteiger partial charge in [0.25, 0.3) is 11.8 Å². The van der Waals surface area contributed by atoms with Crippen LogP contribution in [0.1, 0.15) is 67.6 Å². The van der Waals surface area contributed by atoms with Gasteiger partial charge in [-0.3, -0.25) is 9.59 Å². The zero-order chi connectivity index (χ0) is 28.6. The van der Waals surface area contributed by atoms with Crippen molar-refractivity contribution in [2.75, 3.05) is 6.54 Å². The van der Waals surface area contributed by atoms with Gasteiger partial charge in [-0.2, -0.15) is 0 Å². The second-order valence-electron chi connectivity index (χ2n) is 10.1. The summed E-state index contributed by atoms with van der Waals surface area (Å²) < 4.78 is 2.10. The number of amides is 2. The molecule has 2 aromatic heterocycles. The Morgan fingerprint density at radius 3 is 2.20 bits per heavy atom. The summed E-state index contributed by atoms with van der Waals surface area (Å²) in [5.41, 5.74) is 5.27. The lowest BCUT2D eigenvalue weighted by atomic mass is 9.98. The Morgan fingerprint density at radius 2 is 1.56 bits per heavy atom. The Hall–Kier alpha value is -4.49. The smallest absolute Gasteiger partial charge is 0.271 e. The molecule has 3 aromatic carbocycles. The Balaban J connectivity index is 1.29. The maximum Gasteiger partial charge on any atom is 0.271 e. The van der Waals surface area contributed by atoms with E-state index in [0.717, 1.165) is 33.8 Å². The van der Waals surface area contributed by atoms with Crippen molar-refractivity contribution in [2.45, 2.75) is 39.4 Å². The molecule has 0 aliphatic heterocycles. The van der Waals surface area contributed by atoms with Crippen molar-refractivity contribution >= 4 is 23.2 Å². The maximum absolute atomic E-state index is 13.3. The quantitative estimate of drug-likeness (QED) is 0.191. The van der Waals surface area contributed by atoms with Gasteiger partial charge >= 0.3 is 0 Å². The average molecular weight is 563 g/mol. The van der Waals surface area contributed by atoms with Crippen LogP contribution in [0.4, 0.5) is 0 Å². The lowest BCUT2D eigenvalue weighted by molar-refractivity contribution is 0.0739. The van der Waals surface area contributed by atoms with E-state index in [2.05, 4.69) is 21.8 Å². The van der Waals surface area contributed by atoms with Crippen LogP contribution in [0.2, 0.25) is 0 Å². The highest BCUT2D eigenvalue weighted by Gasteiger charge is 2.21. The number of benzene rings is 3. The van der Waals surface area contributed by atoms with Crippen LogP contribution >= 0.6 is 11.3 Å². The number of aryl methyl sites for hydroxylation is 1. The first-order valence-electron chi connectivity index (χ1n) is 13.9. The average Bonchev–Trinajstić information content (AvgIpc) is 3.66. The molecule has 0 aliphatic rings. The fraction of sp³-hybridized carbons (Fsp3) is 0.206. The molecule has 0 atom stereocenters. The molecule has 5 aromatic rings. The van der Waals surface area contributed by atoms with Crippen molar-refractivity contribution in [2.24, 2.45) is 0 Å². The molecule has 0 bridgehead atoms. The Morgan fingerprint density at radius 1 is 0.902 bits per heavy atom. The van der Waals surface area contributed by atoms with Gasteiger partial charge in [-0.25, -0.2) is 4.98 Å². The summed E-state index contributed by atoms with van der Waals surface area (Å²) >= 11 is 1.46. The standard InChI is InChI=1S/C34H34N4O2S/c1-3-20-38(34(40)28-18-16-25(2)17-19-28)22-29-15-10-21-37(29)23-31-35-30(24-41-31)33(39)36-32(26-11-6-4-7-12-26)27-13-8-5-9-14-27/h4-19,21,24,32H,3,20,22-23H2,1-2H3,(H,36,39). The SMILES string of the molecule is CCCN(Cc1cccn1Cc1nc(C(=O)NC(c2ccccc2)c2ccccc2)cs1)C(=O)c1ccc(C)cc1. The molecule has 2 heterocycles. The van der Waals surface area contributed by atoms with E-state index in [4.69, 9.17) is 0 Å². The molecular weight excluding hydrogens is 528 g/mol. The minimum Gasteiger partial charge on any atom is -0.343 e. The first-order chi connectivity index (χ1) is 20.0. The molecule has 0 fully saturated rings. The van der Waals surface area contributed by atoms with Crippen LogP contribution in [0.3, 0.4) is 0 Å². The second-order valence-corrected chi connectivity index (χ2v) is 11.0. The first-order valence-corrected chi connectivity index (χ1v) is 14.7. The molecule has 0 aliphatic carbocycles. The van der Waals surface area contributed by atoms with Gasteiger partial charge in [0.05, 0.1) is 19.1 Å². The third kappa shape index (κ3) is 6.99. The van der Waals surface area contributed by atoms with E-state index in [1.165, 1.54) is 11.3 Å². The summed E-state index contributed by atoms with van der Waals surface area (Å²) in [7, 11) is 0. The predicted molar refractivity (Wildman–Crippen MR) is 164 cm³/mol. The molecular formula is C34H34N4O2S. The number of carbonyl (C=O) groups excluding carboxylic acids is 2. The topological polar surface area (TPSA) is 67.2 Å². The maximum atomic E-state index is 13.3. The van der Waals surface area contributed by atoms with Gasteiger partial charge in [0, 0.05) is 29.4 Å². The third-order valence-corrected chi connectivity index (χ3v) is 7.82.